The highest BCUT2D eigenvalue weighted by molar-refractivity contribution is 5.89. The number of carbonyl (C=O) groups is 1. The predicted molar refractivity (Wildman–Crippen MR) is 108 cm³/mol. The quantitative estimate of drug-likeness (QED) is 0.236. The lowest BCUT2D eigenvalue weighted by molar-refractivity contribution is -0.947. The fourth-order valence-corrected chi connectivity index (χ4v) is 4.98. The molecular formula is C23H36INO3. The van der Waals surface area contributed by atoms with Crippen LogP contribution in [-0.4, -0.2) is 49.8 Å². The molecule has 158 valence electrons. The highest BCUT2D eigenvalue weighted by Gasteiger charge is 2.43. The van der Waals surface area contributed by atoms with Gasteiger partial charge in [-0.3, -0.25) is 0 Å². The van der Waals surface area contributed by atoms with E-state index in [4.69, 9.17) is 9.47 Å². The van der Waals surface area contributed by atoms with Crippen LogP contribution in [0.4, 0.5) is 0 Å². The second-order valence-corrected chi connectivity index (χ2v) is 8.54. The number of unbranched alkanes of at least 4 members (excludes halogenated alkanes) is 1. The smallest absolute Gasteiger partial charge is 0.338 e. The van der Waals surface area contributed by atoms with Crippen molar-refractivity contribution in [1.82, 2.24) is 0 Å². The molecule has 0 saturated carbocycles. The minimum atomic E-state index is -0.216. The molecule has 5 heteroatoms. The summed E-state index contributed by atoms with van der Waals surface area (Å²) >= 11 is 0. The van der Waals surface area contributed by atoms with Crippen LogP contribution in [0, 0.1) is 5.92 Å². The Morgan fingerprint density at radius 3 is 2.57 bits per heavy atom. The Kier molecular flexibility index (Phi) is 9.54. The largest absolute Gasteiger partial charge is 1.00 e. The summed E-state index contributed by atoms with van der Waals surface area (Å²) in [6, 6.07) is 8.10. The number of nitrogens with zero attached hydrogens (tertiary/aromatic N) is 1. The first-order valence-electron chi connectivity index (χ1n) is 10.9. The van der Waals surface area contributed by atoms with E-state index in [0.29, 0.717) is 18.1 Å². The van der Waals surface area contributed by atoms with Crippen molar-refractivity contribution in [1.29, 1.82) is 0 Å². The Balaban J connectivity index is 0.00000280. The number of fused-ring (bicyclic) bond motifs is 1. The van der Waals surface area contributed by atoms with Gasteiger partial charge in [-0.2, -0.15) is 0 Å². The molecule has 28 heavy (non-hydrogen) atoms. The Hall–Kier alpha value is -0.820. The molecule has 1 unspecified atom stereocenters. The van der Waals surface area contributed by atoms with E-state index >= 15 is 0 Å². The van der Waals surface area contributed by atoms with E-state index in [9.17, 15) is 4.79 Å². The zero-order valence-corrected chi connectivity index (χ0v) is 19.7. The van der Waals surface area contributed by atoms with E-state index in [-0.39, 0.29) is 29.9 Å². The van der Waals surface area contributed by atoms with Crippen LogP contribution in [0.15, 0.2) is 24.3 Å². The molecule has 0 aliphatic carbocycles. The third-order valence-electron chi connectivity index (χ3n) is 6.59. The first-order valence-corrected chi connectivity index (χ1v) is 10.9. The number of hydrogen-bond donors (Lipinski definition) is 0. The molecule has 4 nitrogen and oxygen atoms in total. The number of piperidine rings is 2. The van der Waals surface area contributed by atoms with Gasteiger partial charge in [0.1, 0.15) is 5.75 Å². The zero-order valence-electron chi connectivity index (χ0n) is 17.5. The van der Waals surface area contributed by atoms with Crippen LogP contribution in [0.5, 0.6) is 5.75 Å². The maximum atomic E-state index is 12.3. The summed E-state index contributed by atoms with van der Waals surface area (Å²) < 4.78 is 12.5. The van der Waals surface area contributed by atoms with Gasteiger partial charge in [-0.15, -0.1) is 0 Å². The van der Waals surface area contributed by atoms with E-state index in [1.54, 1.807) is 12.1 Å². The molecular weight excluding hydrogens is 465 g/mol. The summed E-state index contributed by atoms with van der Waals surface area (Å²) in [6.45, 7) is 6.06. The third-order valence-corrected chi connectivity index (χ3v) is 6.59. The third kappa shape index (κ3) is 6.09. The first-order chi connectivity index (χ1) is 13.1. The minimum Gasteiger partial charge on any atom is -1.00 e. The van der Waals surface area contributed by atoms with Crippen molar-refractivity contribution >= 4 is 5.97 Å². The number of carbonyl (C=O) groups excluding carboxylic acids is 1. The standard InChI is InChI=1S/C23H36NO3.HI/c1-3-4-17-26-21-12-10-20(11-13-21)23(25)27-18-14-19-8-7-16-24(2)15-6-5-9-22(19)24;/h10-13,19,22H,3-9,14-18H2,1-2H3;1H/q+1;/p-1/t19-,22+,24?;/m0./s1. The molecule has 0 N–H and O–H groups in total. The Morgan fingerprint density at radius 2 is 1.82 bits per heavy atom. The van der Waals surface area contributed by atoms with Gasteiger partial charge >= 0.3 is 5.97 Å². The van der Waals surface area contributed by atoms with Crippen LogP contribution in [0.1, 0.15) is 68.6 Å². The molecule has 1 aromatic carbocycles. The van der Waals surface area contributed by atoms with Gasteiger partial charge in [-0.05, 0) is 69.2 Å². The fraction of sp³-hybridized carbons (Fsp3) is 0.696. The lowest BCUT2D eigenvalue weighted by atomic mass is 9.80. The van der Waals surface area contributed by atoms with Crippen LogP contribution >= 0.6 is 0 Å². The molecule has 2 saturated heterocycles. The topological polar surface area (TPSA) is 35.5 Å². The maximum Gasteiger partial charge on any atom is 0.338 e. The Bertz CT molecular complexity index is 602. The second kappa shape index (κ2) is 11.4. The minimum absolute atomic E-state index is 0. The molecule has 0 aromatic heterocycles. The van der Waals surface area contributed by atoms with Crippen LogP contribution in [0.25, 0.3) is 0 Å². The molecule has 2 fully saturated rings. The molecule has 0 amide bonds. The molecule has 2 aliphatic heterocycles. The number of halogens is 1. The van der Waals surface area contributed by atoms with E-state index < -0.39 is 0 Å². The van der Waals surface area contributed by atoms with Gasteiger partial charge in [-0.25, -0.2) is 4.79 Å². The van der Waals surface area contributed by atoms with Gasteiger partial charge < -0.3 is 37.9 Å². The van der Waals surface area contributed by atoms with Gasteiger partial charge in [0, 0.05) is 5.92 Å². The summed E-state index contributed by atoms with van der Waals surface area (Å²) in [6.07, 6.45) is 9.84. The van der Waals surface area contributed by atoms with Crippen molar-refractivity contribution in [3.05, 3.63) is 29.8 Å². The average Bonchev–Trinajstić information content (AvgIpc) is 2.68. The summed E-state index contributed by atoms with van der Waals surface area (Å²) in [5.74, 6) is 1.30. The summed E-state index contributed by atoms with van der Waals surface area (Å²) in [5.41, 5.74) is 0.611. The van der Waals surface area contributed by atoms with E-state index in [0.717, 1.165) is 37.7 Å². The first kappa shape index (κ1) is 23.5. The molecule has 1 aromatic rings. The van der Waals surface area contributed by atoms with Gasteiger partial charge in [0.25, 0.3) is 0 Å². The van der Waals surface area contributed by atoms with Crippen LogP contribution < -0.4 is 28.7 Å². The number of rotatable bonds is 8. The number of benzene rings is 1. The van der Waals surface area contributed by atoms with E-state index in [2.05, 4.69) is 14.0 Å². The summed E-state index contributed by atoms with van der Waals surface area (Å²) in [4.78, 5) is 12.3. The average molecular weight is 501 g/mol. The van der Waals surface area contributed by atoms with Crippen molar-refractivity contribution in [3.63, 3.8) is 0 Å². The number of hydrogen-bond acceptors (Lipinski definition) is 3. The van der Waals surface area contributed by atoms with Crippen molar-refractivity contribution in [2.24, 2.45) is 5.92 Å². The molecule has 3 rings (SSSR count). The number of esters is 1. The highest BCUT2D eigenvalue weighted by atomic mass is 127. The molecule has 0 radical (unpaired) electrons. The van der Waals surface area contributed by atoms with E-state index in [1.807, 2.05) is 12.1 Å². The molecule has 0 bridgehead atoms. The summed E-state index contributed by atoms with van der Waals surface area (Å²) in [7, 11) is 2.44. The number of quaternary nitrogens is 1. The van der Waals surface area contributed by atoms with Crippen LogP contribution in [0.3, 0.4) is 0 Å². The SMILES string of the molecule is CCCCOc1ccc(C(=O)OCC[C@@H]2CCC[N+]3(C)CCCC[C@H]23)cc1.[I-]. The lowest BCUT2D eigenvalue weighted by Crippen LogP contribution is -3.00. The van der Waals surface area contributed by atoms with Gasteiger partial charge in [0.15, 0.2) is 0 Å². The second-order valence-electron chi connectivity index (χ2n) is 8.54. The molecule has 0 spiro atoms. The number of ether oxygens (including phenoxy) is 2. The van der Waals surface area contributed by atoms with Crippen LogP contribution in [0.2, 0.25) is 0 Å². The molecule has 3 atom stereocenters. The van der Waals surface area contributed by atoms with Gasteiger partial charge in [0.05, 0.1) is 45.0 Å². The zero-order chi connectivity index (χ0) is 19.1. The summed E-state index contributed by atoms with van der Waals surface area (Å²) in [5, 5.41) is 0. The van der Waals surface area contributed by atoms with E-state index in [1.165, 1.54) is 49.7 Å². The van der Waals surface area contributed by atoms with Gasteiger partial charge in [0.2, 0.25) is 0 Å². The van der Waals surface area contributed by atoms with Crippen molar-refractivity contribution < 1.29 is 42.7 Å². The Labute approximate surface area is 187 Å². The van der Waals surface area contributed by atoms with Gasteiger partial charge in [-0.1, -0.05) is 13.3 Å². The van der Waals surface area contributed by atoms with Crippen molar-refractivity contribution in [2.45, 2.75) is 64.3 Å². The highest BCUT2D eigenvalue weighted by Crippen LogP contribution is 2.37. The maximum absolute atomic E-state index is 12.3. The molecule has 2 aliphatic rings. The van der Waals surface area contributed by atoms with Crippen molar-refractivity contribution in [3.8, 4) is 5.75 Å². The lowest BCUT2D eigenvalue weighted by Gasteiger charge is -2.51. The Morgan fingerprint density at radius 1 is 1.07 bits per heavy atom. The molecule has 2 heterocycles. The normalized spacial score (nSPS) is 26.6. The van der Waals surface area contributed by atoms with Crippen molar-refractivity contribution in [2.75, 3.05) is 33.4 Å². The fourth-order valence-electron chi connectivity index (χ4n) is 4.98. The predicted octanol–water partition coefficient (Wildman–Crippen LogP) is 1.83. The van der Waals surface area contributed by atoms with Crippen LogP contribution in [-0.2, 0) is 4.74 Å². The monoisotopic (exact) mass is 501 g/mol.